The number of carboxylic acids is 1. The summed E-state index contributed by atoms with van der Waals surface area (Å²) >= 11 is 0. The summed E-state index contributed by atoms with van der Waals surface area (Å²) in [6.45, 7) is 0.838. The number of aliphatic hydroxyl groups excluding tert-OH is 3. The van der Waals surface area contributed by atoms with Gasteiger partial charge in [0.05, 0.1) is 0 Å². The van der Waals surface area contributed by atoms with E-state index in [4.69, 9.17) is 14.2 Å². The second-order valence-electron chi connectivity index (χ2n) is 9.78. The van der Waals surface area contributed by atoms with Crippen LogP contribution in [0.1, 0.15) is 17.5 Å². The highest BCUT2D eigenvalue weighted by atomic mass is 16.7. The van der Waals surface area contributed by atoms with Crippen molar-refractivity contribution in [2.45, 2.75) is 67.2 Å². The molecule has 3 heterocycles. The summed E-state index contributed by atoms with van der Waals surface area (Å²) in [7, 11) is 2.11. The van der Waals surface area contributed by atoms with Gasteiger partial charge in [0.2, 0.25) is 0 Å². The standard InChI is InChI=1S/C23H27NO9/c1-24-7-6-23-10-3-5-13(31-22-17(28)15(26)16(27)19(33-22)21(29)30)20(23)32-18-12(25)4-2-9(14(18)23)8-11(10)24/h2-5,10-11,13,15-17,19-20,22,25-28H,6-8H2,1H3,(H,29,30)/t10-,11-,13-,15+,16-,17+,19-,20-,22+,23-/m0/s1. The van der Waals surface area contributed by atoms with E-state index in [1.807, 2.05) is 12.1 Å². The maximum absolute atomic E-state index is 11.5. The highest BCUT2D eigenvalue weighted by Crippen LogP contribution is 2.62. The number of aliphatic carboxylic acids is 1. The second kappa shape index (κ2) is 7.14. The molecule has 6 rings (SSSR count). The van der Waals surface area contributed by atoms with Gasteiger partial charge in [-0.05, 0) is 38.1 Å². The van der Waals surface area contributed by atoms with Crippen LogP contribution >= 0.6 is 0 Å². The number of rotatable bonds is 3. The number of benzene rings is 1. The number of carboxylic acid groups (broad SMARTS) is 1. The van der Waals surface area contributed by atoms with Crippen LogP contribution in [-0.2, 0) is 26.1 Å². The first kappa shape index (κ1) is 21.3. The van der Waals surface area contributed by atoms with Gasteiger partial charge >= 0.3 is 5.97 Å². The van der Waals surface area contributed by atoms with Gasteiger partial charge in [-0.2, -0.15) is 0 Å². The molecule has 2 fully saturated rings. The number of carbonyl (C=O) groups is 1. The van der Waals surface area contributed by atoms with Gasteiger partial charge in [0.25, 0.3) is 0 Å². The van der Waals surface area contributed by atoms with Gasteiger partial charge < -0.3 is 44.6 Å². The van der Waals surface area contributed by atoms with Crippen molar-refractivity contribution in [2.24, 2.45) is 5.92 Å². The third kappa shape index (κ3) is 2.73. The SMILES string of the molecule is CN1CC[C@]23c4c5ccc(O)c4O[C@H]2[C@@H](O[C@@H]2O[C@H](C(=O)O)[C@@H](O)[C@@H](O)[C@H]2O)C=C[C@H]3[C@@H]1C5. The zero-order valence-corrected chi connectivity index (χ0v) is 17.9. The number of hydrogen-bond acceptors (Lipinski definition) is 9. The number of piperidine rings is 1. The first-order valence-electron chi connectivity index (χ1n) is 11.2. The van der Waals surface area contributed by atoms with Crippen molar-refractivity contribution in [2.75, 3.05) is 13.6 Å². The number of aliphatic hydroxyl groups is 3. The lowest BCUT2D eigenvalue weighted by molar-refractivity contribution is -0.307. The van der Waals surface area contributed by atoms with Crippen LogP contribution in [0.15, 0.2) is 24.3 Å². The highest BCUT2D eigenvalue weighted by molar-refractivity contribution is 5.73. The van der Waals surface area contributed by atoms with Crippen LogP contribution in [0.3, 0.4) is 0 Å². The molecule has 3 aliphatic heterocycles. The Bertz CT molecular complexity index is 1030. The molecule has 33 heavy (non-hydrogen) atoms. The lowest BCUT2D eigenvalue weighted by Crippen LogP contribution is -2.66. The van der Waals surface area contributed by atoms with E-state index in [9.17, 15) is 30.3 Å². The van der Waals surface area contributed by atoms with E-state index in [0.717, 1.165) is 30.5 Å². The lowest BCUT2D eigenvalue weighted by Gasteiger charge is -2.57. The number of likely N-dealkylation sites (tertiary alicyclic amines) is 1. The van der Waals surface area contributed by atoms with E-state index < -0.39 is 54.3 Å². The summed E-state index contributed by atoms with van der Waals surface area (Å²) in [5, 5.41) is 50.5. The van der Waals surface area contributed by atoms with E-state index in [-0.39, 0.29) is 17.7 Å². The van der Waals surface area contributed by atoms with Crippen LogP contribution in [0.5, 0.6) is 11.5 Å². The van der Waals surface area contributed by atoms with Crippen LogP contribution in [0.2, 0.25) is 0 Å². The minimum Gasteiger partial charge on any atom is -0.504 e. The molecule has 0 amide bonds. The zero-order valence-electron chi connectivity index (χ0n) is 17.9. The van der Waals surface area contributed by atoms with Crippen molar-refractivity contribution in [1.29, 1.82) is 0 Å². The van der Waals surface area contributed by atoms with Gasteiger partial charge in [0.1, 0.15) is 30.5 Å². The molecular formula is C23H27NO9. The minimum atomic E-state index is -1.79. The molecule has 1 spiro atoms. The third-order valence-electron chi connectivity index (χ3n) is 8.23. The number of aromatic hydroxyl groups is 1. The summed E-state index contributed by atoms with van der Waals surface area (Å²) < 4.78 is 17.7. The Morgan fingerprint density at radius 3 is 2.73 bits per heavy atom. The molecule has 5 aliphatic rings. The van der Waals surface area contributed by atoms with Crippen molar-refractivity contribution >= 4 is 5.97 Å². The van der Waals surface area contributed by atoms with Crippen molar-refractivity contribution in [1.82, 2.24) is 4.90 Å². The van der Waals surface area contributed by atoms with E-state index in [0.29, 0.717) is 5.75 Å². The van der Waals surface area contributed by atoms with Crippen molar-refractivity contribution in [3.05, 3.63) is 35.4 Å². The Labute approximate surface area is 189 Å². The third-order valence-corrected chi connectivity index (χ3v) is 8.23. The summed E-state index contributed by atoms with van der Waals surface area (Å²) in [5.41, 5.74) is 1.69. The average molecular weight is 461 g/mol. The van der Waals surface area contributed by atoms with Gasteiger partial charge in [-0.25, -0.2) is 4.79 Å². The van der Waals surface area contributed by atoms with Crippen LogP contribution in [-0.4, -0.2) is 98.9 Å². The minimum absolute atomic E-state index is 0.0610. The Hall–Kier alpha value is -2.21. The lowest BCUT2D eigenvalue weighted by atomic mass is 9.53. The van der Waals surface area contributed by atoms with E-state index in [2.05, 4.69) is 18.0 Å². The van der Waals surface area contributed by atoms with E-state index in [1.54, 1.807) is 6.07 Å². The number of hydrogen-bond donors (Lipinski definition) is 5. The Balaban J connectivity index is 1.38. The molecule has 0 unspecified atom stereocenters. The van der Waals surface area contributed by atoms with Gasteiger partial charge in [0, 0.05) is 22.9 Å². The summed E-state index contributed by atoms with van der Waals surface area (Å²) in [6, 6.07) is 3.85. The number of nitrogens with zero attached hydrogens (tertiary/aromatic N) is 1. The zero-order chi connectivity index (χ0) is 23.2. The quantitative estimate of drug-likeness (QED) is 0.359. The molecule has 1 aromatic carbocycles. The molecule has 10 nitrogen and oxygen atoms in total. The largest absolute Gasteiger partial charge is 0.504 e. The number of ether oxygens (including phenoxy) is 3. The fraction of sp³-hybridized carbons (Fsp3) is 0.609. The van der Waals surface area contributed by atoms with Gasteiger partial charge in [-0.3, -0.25) is 0 Å². The Morgan fingerprint density at radius 1 is 1.18 bits per heavy atom. The summed E-state index contributed by atoms with van der Waals surface area (Å²) in [5.74, 6) is -0.824. The molecule has 0 radical (unpaired) electrons. The van der Waals surface area contributed by atoms with Crippen molar-refractivity contribution in [3.63, 3.8) is 0 Å². The maximum atomic E-state index is 11.5. The fourth-order valence-electron chi connectivity index (χ4n) is 6.66. The molecule has 10 heteroatoms. The molecule has 0 aromatic heterocycles. The predicted octanol–water partition coefficient (Wildman–Crippen LogP) is -0.885. The molecule has 178 valence electrons. The smallest absolute Gasteiger partial charge is 0.335 e. The molecule has 1 aromatic rings. The van der Waals surface area contributed by atoms with Crippen molar-refractivity contribution < 1.29 is 44.5 Å². The van der Waals surface area contributed by atoms with Crippen LogP contribution in [0.4, 0.5) is 0 Å². The molecule has 2 aliphatic carbocycles. The molecule has 2 saturated heterocycles. The van der Waals surface area contributed by atoms with Gasteiger partial charge in [-0.1, -0.05) is 18.2 Å². The number of phenolic OH excluding ortho intramolecular Hbond substituents is 1. The van der Waals surface area contributed by atoms with Gasteiger partial charge in [0.15, 0.2) is 23.9 Å². The highest BCUT2D eigenvalue weighted by Gasteiger charge is 2.65. The Kier molecular flexibility index (Phi) is 4.62. The average Bonchev–Trinajstić information content (AvgIpc) is 3.14. The van der Waals surface area contributed by atoms with E-state index in [1.165, 1.54) is 0 Å². The molecule has 5 N–H and O–H groups in total. The van der Waals surface area contributed by atoms with Crippen LogP contribution in [0, 0.1) is 5.92 Å². The maximum Gasteiger partial charge on any atom is 0.335 e. The second-order valence-corrected chi connectivity index (χ2v) is 9.78. The first-order chi connectivity index (χ1) is 15.7. The molecule has 0 saturated carbocycles. The summed E-state index contributed by atoms with van der Waals surface area (Å²) in [4.78, 5) is 13.8. The first-order valence-corrected chi connectivity index (χ1v) is 11.2. The predicted molar refractivity (Wildman–Crippen MR) is 111 cm³/mol. The van der Waals surface area contributed by atoms with Crippen LogP contribution < -0.4 is 4.74 Å². The monoisotopic (exact) mass is 461 g/mol. The topological polar surface area (TPSA) is 149 Å². The summed E-state index contributed by atoms with van der Waals surface area (Å²) in [6.07, 6.45) is -4.16. The molecular weight excluding hydrogens is 434 g/mol. The van der Waals surface area contributed by atoms with E-state index >= 15 is 0 Å². The van der Waals surface area contributed by atoms with Crippen LogP contribution in [0.25, 0.3) is 0 Å². The van der Waals surface area contributed by atoms with Gasteiger partial charge in [-0.15, -0.1) is 0 Å². The molecule has 2 bridgehead atoms. The number of phenols is 1. The Morgan fingerprint density at radius 2 is 1.97 bits per heavy atom. The van der Waals surface area contributed by atoms with Crippen molar-refractivity contribution in [3.8, 4) is 11.5 Å². The fourth-order valence-corrected chi connectivity index (χ4v) is 6.66. The molecule has 10 atom stereocenters. The normalized spacial score (nSPS) is 45.4. The number of likely N-dealkylation sites (N-methyl/N-ethyl adjacent to an activating group) is 1.